The minimum atomic E-state index is 0.890. The Hall–Kier alpha value is -1.03. The topological polar surface area (TPSA) is 9.23 Å². The molecule has 0 amide bonds. The van der Waals surface area contributed by atoms with Gasteiger partial charge in [-0.3, -0.25) is 0 Å². The lowest BCUT2D eigenvalue weighted by Crippen LogP contribution is -1.87. The molecule has 0 fully saturated rings. The number of rotatable bonds is 2. The molecule has 0 saturated heterocycles. The smallest absolute Gasteiger partial charge is 0.192 e. The summed E-state index contributed by atoms with van der Waals surface area (Å²) in [6, 6.07) is 14.5. The van der Waals surface area contributed by atoms with E-state index in [-0.39, 0.29) is 0 Å². The Bertz CT molecular complexity index is 486. The van der Waals surface area contributed by atoms with Gasteiger partial charge in [-0.05, 0) is 48.2 Å². The van der Waals surface area contributed by atoms with Gasteiger partial charge in [0.2, 0.25) is 0 Å². The second-order valence-corrected chi connectivity index (χ2v) is 4.31. The molecule has 2 rings (SSSR count). The van der Waals surface area contributed by atoms with E-state index < -0.39 is 0 Å². The van der Waals surface area contributed by atoms with Crippen molar-refractivity contribution in [3.05, 3.63) is 53.6 Å². The summed E-state index contributed by atoms with van der Waals surface area (Å²) < 4.78 is 5.23. The molecule has 0 aliphatic heterocycles. The lowest BCUT2D eigenvalue weighted by atomic mass is 9.96. The van der Waals surface area contributed by atoms with Crippen molar-refractivity contribution in [1.29, 1.82) is 0 Å². The quantitative estimate of drug-likeness (QED) is 0.728. The summed E-state index contributed by atoms with van der Waals surface area (Å²) in [6.07, 6.45) is 0. The van der Waals surface area contributed by atoms with Gasteiger partial charge in [0.05, 0.1) is 0 Å². The number of hydrogen-bond acceptors (Lipinski definition) is 1. The van der Waals surface area contributed by atoms with Crippen molar-refractivity contribution < 1.29 is 3.07 Å². The fraction of sp³-hybridized carbons (Fsp3) is 0.143. The molecule has 0 spiro atoms. The first kappa shape index (κ1) is 11.5. The summed E-state index contributed by atoms with van der Waals surface area (Å²) in [7, 11) is 0. The number of hydrogen-bond donors (Lipinski definition) is 0. The van der Waals surface area contributed by atoms with Crippen molar-refractivity contribution in [2.24, 2.45) is 0 Å². The third kappa shape index (κ3) is 2.21. The number of aryl methyl sites for hydroxylation is 2. The SMILES string of the molecule is Cc1cccc(C)c1-c1cccc(OI)c1. The van der Waals surface area contributed by atoms with E-state index >= 15 is 0 Å². The van der Waals surface area contributed by atoms with Gasteiger partial charge in [0, 0.05) is 0 Å². The van der Waals surface area contributed by atoms with Crippen LogP contribution >= 0.6 is 23.0 Å². The molecule has 2 heteroatoms. The Labute approximate surface area is 110 Å². The molecular weight excluding hydrogens is 311 g/mol. The van der Waals surface area contributed by atoms with Gasteiger partial charge < -0.3 is 3.07 Å². The fourth-order valence-electron chi connectivity index (χ4n) is 1.97. The Morgan fingerprint density at radius 1 is 0.938 bits per heavy atom. The molecule has 2 aromatic rings. The van der Waals surface area contributed by atoms with Crippen molar-refractivity contribution in [3.63, 3.8) is 0 Å². The average molecular weight is 324 g/mol. The third-order valence-electron chi connectivity index (χ3n) is 2.69. The second kappa shape index (κ2) is 4.87. The molecule has 0 saturated carbocycles. The Morgan fingerprint density at radius 3 is 2.19 bits per heavy atom. The zero-order valence-corrected chi connectivity index (χ0v) is 11.5. The van der Waals surface area contributed by atoms with Crippen molar-refractivity contribution in [3.8, 4) is 16.9 Å². The van der Waals surface area contributed by atoms with Crippen molar-refractivity contribution >= 4 is 23.0 Å². The first-order chi connectivity index (χ1) is 7.72. The first-order valence-corrected chi connectivity index (χ1v) is 6.05. The summed E-state index contributed by atoms with van der Waals surface area (Å²) >= 11 is 1.91. The average Bonchev–Trinajstić information content (AvgIpc) is 2.29. The summed E-state index contributed by atoms with van der Waals surface area (Å²) in [6.45, 7) is 4.28. The zero-order chi connectivity index (χ0) is 11.5. The monoisotopic (exact) mass is 324 g/mol. The Morgan fingerprint density at radius 2 is 1.56 bits per heavy atom. The molecule has 2 aromatic carbocycles. The second-order valence-electron chi connectivity index (χ2n) is 3.87. The molecule has 0 radical (unpaired) electrons. The molecule has 0 aliphatic rings. The van der Waals surface area contributed by atoms with Crippen LogP contribution < -0.4 is 3.07 Å². The lowest BCUT2D eigenvalue weighted by Gasteiger charge is -2.10. The first-order valence-electron chi connectivity index (χ1n) is 5.17. The molecule has 16 heavy (non-hydrogen) atoms. The van der Waals surface area contributed by atoms with Crippen molar-refractivity contribution in [2.75, 3.05) is 0 Å². The van der Waals surface area contributed by atoms with Gasteiger partial charge in [0.25, 0.3) is 0 Å². The van der Waals surface area contributed by atoms with Gasteiger partial charge in [-0.25, -0.2) is 0 Å². The highest BCUT2D eigenvalue weighted by molar-refractivity contribution is 14.1. The van der Waals surface area contributed by atoms with Crippen LogP contribution in [0.15, 0.2) is 42.5 Å². The van der Waals surface area contributed by atoms with E-state index in [0.29, 0.717) is 0 Å². The molecule has 0 aromatic heterocycles. The van der Waals surface area contributed by atoms with Gasteiger partial charge in [-0.1, -0.05) is 30.3 Å². The maximum absolute atomic E-state index is 5.23. The van der Waals surface area contributed by atoms with Crippen LogP contribution in [-0.2, 0) is 0 Å². The summed E-state index contributed by atoms with van der Waals surface area (Å²) in [4.78, 5) is 0. The van der Waals surface area contributed by atoms with Crippen LogP contribution in [0, 0.1) is 13.8 Å². The zero-order valence-electron chi connectivity index (χ0n) is 9.33. The molecule has 0 aliphatic carbocycles. The van der Waals surface area contributed by atoms with E-state index in [0.717, 1.165) is 5.75 Å². The third-order valence-corrected chi connectivity index (χ3v) is 3.20. The number of benzene rings is 2. The summed E-state index contributed by atoms with van der Waals surface area (Å²) in [5.41, 5.74) is 5.11. The van der Waals surface area contributed by atoms with Crippen LogP contribution in [0.25, 0.3) is 11.1 Å². The van der Waals surface area contributed by atoms with Gasteiger partial charge in [-0.2, -0.15) is 0 Å². The predicted molar refractivity (Wildman–Crippen MR) is 76.0 cm³/mol. The van der Waals surface area contributed by atoms with Gasteiger partial charge >= 0.3 is 0 Å². The molecule has 0 atom stereocenters. The van der Waals surface area contributed by atoms with Crippen LogP contribution in [0.5, 0.6) is 5.75 Å². The standard InChI is InChI=1S/C14H13IO/c1-10-5-3-6-11(2)14(10)12-7-4-8-13(9-12)16-15/h3-9H,1-2H3. The summed E-state index contributed by atoms with van der Waals surface area (Å²) in [5.74, 6) is 0.890. The highest BCUT2D eigenvalue weighted by Crippen LogP contribution is 2.29. The van der Waals surface area contributed by atoms with Crippen LogP contribution in [0.1, 0.15) is 11.1 Å². The molecule has 0 unspecified atom stereocenters. The van der Waals surface area contributed by atoms with E-state index in [1.165, 1.54) is 22.3 Å². The minimum absolute atomic E-state index is 0.890. The number of halogens is 1. The van der Waals surface area contributed by atoms with Crippen LogP contribution in [0.2, 0.25) is 0 Å². The molecule has 1 nitrogen and oxygen atoms in total. The van der Waals surface area contributed by atoms with Gasteiger partial charge in [0.1, 0.15) is 5.75 Å². The largest absolute Gasteiger partial charge is 0.428 e. The minimum Gasteiger partial charge on any atom is -0.428 e. The summed E-state index contributed by atoms with van der Waals surface area (Å²) in [5, 5.41) is 0. The van der Waals surface area contributed by atoms with Crippen LogP contribution in [0.3, 0.4) is 0 Å². The van der Waals surface area contributed by atoms with Gasteiger partial charge in [0.15, 0.2) is 23.0 Å². The molecule has 0 N–H and O–H groups in total. The molecule has 82 valence electrons. The van der Waals surface area contributed by atoms with E-state index in [4.69, 9.17) is 3.07 Å². The molecular formula is C14H13IO. The predicted octanol–water partition coefficient (Wildman–Crippen LogP) is 4.70. The van der Waals surface area contributed by atoms with Crippen molar-refractivity contribution in [1.82, 2.24) is 0 Å². The highest BCUT2D eigenvalue weighted by Gasteiger charge is 2.05. The van der Waals surface area contributed by atoms with Gasteiger partial charge in [-0.15, -0.1) is 0 Å². The van der Waals surface area contributed by atoms with E-state index in [2.05, 4.69) is 44.2 Å². The van der Waals surface area contributed by atoms with E-state index in [1.807, 2.05) is 35.1 Å². The highest BCUT2D eigenvalue weighted by atomic mass is 127. The van der Waals surface area contributed by atoms with Crippen LogP contribution in [0.4, 0.5) is 0 Å². The normalized spacial score (nSPS) is 10.2. The van der Waals surface area contributed by atoms with Crippen molar-refractivity contribution in [2.45, 2.75) is 13.8 Å². The maximum Gasteiger partial charge on any atom is 0.192 e. The van der Waals surface area contributed by atoms with Crippen LogP contribution in [-0.4, -0.2) is 0 Å². The Kier molecular flexibility index (Phi) is 3.49. The lowest BCUT2D eigenvalue weighted by molar-refractivity contribution is 0.717. The Balaban J connectivity index is 2.58. The molecule has 0 heterocycles. The molecule has 0 bridgehead atoms. The van der Waals surface area contributed by atoms with E-state index in [1.54, 1.807) is 0 Å². The van der Waals surface area contributed by atoms with E-state index in [9.17, 15) is 0 Å². The fourth-order valence-corrected chi connectivity index (χ4v) is 2.24. The maximum atomic E-state index is 5.23.